The van der Waals surface area contributed by atoms with Gasteiger partial charge in [0, 0.05) is 16.9 Å². The minimum atomic E-state index is -4.53. The van der Waals surface area contributed by atoms with Crippen LogP contribution in [0.2, 0.25) is 0 Å². The van der Waals surface area contributed by atoms with E-state index in [1.165, 1.54) is 0 Å². The monoisotopic (exact) mass is 334 g/mol. The van der Waals surface area contributed by atoms with Crippen LogP contribution < -0.4 is 0 Å². The highest BCUT2D eigenvalue weighted by molar-refractivity contribution is 8.00. The van der Waals surface area contributed by atoms with Crippen LogP contribution in [0.15, 0.2) is 18.2 Å². The summed E-state index contributed by atoms with van der Waals surface area (Å²) >= 11 is 1.84. The van der Waals surface area contributed by atoms with Crippen molar-refractivity contribution in [1.29, 1.82) is 0 Å². The van der Waals surface area contributed by atoms with Crippen LogP contribution in [0, 0.1) is 5.82 Å². The lowest BCUT2D eigenvalue weighted by Gasteiger charge is -2.44. The zero-order valence-electron chi connectivity index (χ0n) is 12.0. The van der Waals surface area contributed by atoms with E-state index in [1.807, 2.05) is 11.8 Å². The molecule has 1 nitrogen and oxygen atoms in total. The van der Waals surface area contributed by atoms with Gasteiger partial charge in [0.05, 0.1) is 11.2 Å². The SMILES string of the molecule is OC1(Cc2cc(F)ccc2C(F)(F)F)CC2CCCC(C1)S2. The number of hydrogen-bond acceptors (Lipinski definition) is 2. The van der Waals surface area contributed by atoms with Crippen molar-refractivity contribution in [3.63, 3.8) is 0 Å². The first-order valence-corrected chi connectivity index (χ1v) is 8.43. The van der Waals surface area contributed by atoms with Crippen molar-refractivity contribution in [2.75, 3.05) is 0 Å². The topological polar surface area (TPSA) is 20.2 Å². The van der Waals surface area contributed by atoms with Crippen LogP contribution in [0.4, 0.5) is 17.6 Å². The molecule has 2 unspecified atom stereocenters. The molecule has 2 bridgehead atoms. The molecule has 2 atom stereocenters. The second-order valence-electron chi connectivity index (χ2n) is 6.42. The van der Waals surface area contributed by atoms with Gasteiger partial charge in [-0.05, 0) is 49.4 Å². The Morgan fingerprint density at radius 1 is 1.18 bits per heavy atom. The Bertz CT molecular complexity index is 546. The molecule has 2 fully saturated rings. The largest absolute Gasteiger partial charge is 0.416 e. The Balaban J connectivity index is 1.87. The van der Waals surface area contributed by atoms with Crippen molar-refractivity contribution >= 4 is 11.8 Å². The fraction of sp³-hybridized carbons (Fsp3) is 0.625. The highest BCUT2D eigenvalue weighted by atomic mass is 32.2. The zero-order chi connectivity index (χ0) is 16.0. The number of alkyl halides is 3. The van der Waals surface area contributed by atoms with Crippen LogP contribution >= 0.6 is 11.8 Å². The number of hydrogen-bond donors (Lipinski definition) is 1. The zero-order valence-corrected chi connectivity index (χ0v) is 12.8. The minimum absolute atomic E-state index is 0.132. The van der Waals surface area contributed by atoms with E-state index in [1.54, 1.807) is 0 Å². The Morgan fingerprint density at radius 3 is 2.41 bits per heavy atom. The molecule has 22 heavy (non-hydrogen) atoms. The summed E-state index contributed by atoms with van der Waals surface area (Å²) in [6.45, 7) is 0. The van der Waals surface area contributed by atoms with E-state index in [2.05, 4.69) is 0 Å². The lowest BCUT2D eigenvalue weighted by atomic mass is 9.80. The molecule has 1 aromatic rings. The van der Waals surface area contributed by atoms with Gasteiger partial charge < -0.3 is 5.11 Å². The molecule has 2 heterocycles. The van der Waals surface area contributed by atoms with Crippen molar-refractivity contribution in [3.8, 4) is 0 Å². The van der Waals surface area contributed by atoms with Gasteiger partial charge in [0.1, 0.15) is 5.82 Å². The van der Waals surface area contributed by atoms with Crippen LogP contribution in [-0.4, -0.2) is 21.2 Å². The molecule has 6 heteroatoms. The Morgan fingerprint density at radius 2 is 1.82 bits per heavy atom. The molecule has 0 saturated carbocycles. The van der Waals surface area contributed by atoms with Crippen molar-refractivity contribution in [2.45, 2.75) is 60.8 Å². The van der Waals surface area contributed by atoms with Gasteiger partial charge in [-0.2, -0.15) is 24.9 Å². The fourth-order valence-electron chi connectivity index (χ4n) is 3.70. The van der Waals surface area contributed by atoms with E-state index in [9.17, 15) is 22.7 Å². The van der Waals surface area contributed by atoms with E-state index in [-0.39, 0.29) is 12.0 Å². The third-order valence-electron chi connectivity index (χ3n) is 4.54. The summed E-state index contributed by atoms with van der Waals surface area (Å²) in [7, 11) is 0. The third kappa shape index (κ3) is 3.43. The third-order valence-corrected chi connectivity index (χ3v) is 6.12. The molecule has 0 amide bonds. The molecule has 2 saturated heterocycles. The molecule has 1 N–H and O–H groups in total. The summed E-state index contributed by atoms with van der Waals surface area (Å²) in [6, 6.07) is 2.51. The molecular formula is C16H18F4OS. The Labute approximate surface area is 131 Å². The second kappa shape index (κ2) is 5.71. The van der Waals surface area contributed by atoms with Gasteiger partial charge in [-0.3, -0.25) is 0 Å². The highest BCUT2D eigenvalue weighted by Gasteiger charge is 2.43. The maximum absolute atomic E-state index is 13.4. The summed E-state index contributed by atoms with van der Waals surface area (Å²) in [5.41, 5.74) is -2.14. The van der Waals surface area contributed by atoms with Gasteiger partial charge in [-0.15, -0.1) is 0 Å². The summed E-state index contributed by atoms with van der Waals surface area (Å²) in [4.78, 5) is 0. The number of rotatable bonds is 2. The van der Waals surface area contributed by atoms with Gasteiger partial charge >= 0.3 is 6.18 Å². The molecule has 122 valence electrons. The fourth-order valence-corrected chi connectivity index (χ4v) is 5.66. The van der Waals surface area contributed by atoms with Gasteiger partial charge in [0.25, 0.3) is 0 Å². The number of halogens is 4. The van der Waals surface area contributed by atoms with Crippen LogP contribution in [0.5, 0.6) is 0 Å². The standard InChI is InChI=1S/C16H18F4OS/c17-11-4-5-14(16(18,19)20)10(6-11)7-15(21)8-12-2-1-3-13(9-15)22-12/h4-6,12-13,21H,1-3,7-9H2. The van der Waals surface area contributed by atoms with Gasteiger partial charge in [-0.1, -0.05) is 6.42 Å². The van der Waals surface area contributed by atoms with Crippen molar-refractivity contribution < 1.29 is 22.7 Å². The molecule has 0 aliphatic carbocycles. The molecule has 0 spiro atoms. The smallest absolute Gasteiger partial charge is 0.389 e. The minimum Gasteiger partial charge on any atom is -0.389 e. The number of fused-ring (bicyclic) bond motifs is 2. The predicted octanol–water partition coefficient (Wildman–Crippen LogP) is 4.57. The molecule has 0 radical (unpaired) electrons. The average molecular weight is 334 g/mol. The second-order valence-corrected chi connectivity index (χ2v) is 8.03. The normalized spacial score (nSPS) is 32.0. The predicted molar refractivity (Wildman–Crippen MR) is 78.3 cm³/mol. The van der Waals surface area contributed by atoms with E-state index < -0.39 is 23.2 Å². The van der Waals surface area contributed by atoms with E-state index in [0.29, 0.717) is 23.3 Å². The molecule has 3 rings (SSSR count). The van der Waals surface area contributed by atoms with Crippen molar-refractivity contribution in [3.05, 3.63) is 35.1 Å². The molecule has 1 aromatic carbocycles. The lowest BCUT2D eigenvalue weighted by Crippen LogP contribution is -2.44. The van der Waals surface area contributed by atoms with E-state index >= 15 is 0 Å². The Hall–Kier alpha value is -0.750. The number of thioether (sulfide) groups is 1. The van der Waals surface area contributed by atoms with Crippen LogP contribution in [0.3, 0.4) is 0 Å². The van der Waals surface area contributed by atoms with Gasteiger partial charge in [0.2, 0.25) is 0 Å². The first kappa shape index (κ1) is 16.1. The van der Waals surface area contributed by atoms with Crippen molar-refractivity contribution in [2.24, 2.45) is 0 Å². The average Bonchev–Trinajstić information content (AvgIpc) is 2.35. The Kier molecular flexibility index (Phi) is 4.18. The van der Waals surface area contributed by atoms with Gasteiger partial charge in [0.15, 0.2) is 0 Å². The van der Waals surface area contributed by atoms with Crippen LogP contribution in [0.1, 0.15) is 43.2 Å². The molecular weight excluding hydrogens is 316 g/mol. The molecule has 2 aliphatic heterocycles. The maximum Gasteiger partial charge on any atom is 0.416 e. The van der Waals surface area contributed by atoms with Crippen LogP contribution in [-0.2, 0) is 12.6 Å². The van der Waals surface area contributed by atoms with E-state index in [4.69, 9.17) is 0 Å². The number of aliphatic hydroxyl groups is 1. The molecule has 2 aliphatic rings. The summed E-state index contributed by atoms with van der Waals surface area (Å²) in [6.07, 6.45) is -0.570. The summed E-state index contributed by atoms with van der Waals surface area (Å²) in [5, 5.41) is 11.4. The highest BCUT2D eigenvalue weighted by Crippen LogP contribution is 2.47. The quantitative estimate of drug-likeness (QED) is 0.800. The van der Waals surface area contributed by atoms with Gasteiger partial charge in [-0.25, -0.2) is 4.39 Å². The first-order valence-electron chi connectivity index (χ1n) is 7.49. The lowest BCUT2D eigenvalue weighted by molar-refractivity contribution is -0.138. The first-order chi connectivity index (χ1) is 10.3. The van der Waals surface area contributed by atoms with E-state index in [0.717, 1.165) is 37.5 Å². The van der Waals surface area contributed by atoms with Crippen LogP contribution in [0.25, 0.3) is 0 Å². The summed E-state index contributed by atoms with van der Waals surface area (Å²) < 4.78 is 52.6. The molecule has 0 aromatic heterocycles. The number of benzene rings is 1. The maximum atomic E-state index is 13.4. The van der Waals surface area contributed by atoms with Crippen molar-refractivity contribution in [1.82, 2.24) is 0 Å². The summed E-state index contributed by atoms with van der Waals surface area (Å²) in [5.74, 6) is -0.697.